The molecule has 0 bridgehead atoms. The molecule has 0 radical (unpaired) electrons. The average Bonchev–Trinajstić information content (AvgIpc) is 3.46. The van der Waals surface area contributed by atoms with Gasteiger partial charge in [-0.25, -0.2) is 9.37 Å². The number of unbranched alkanes of at least 4 members (excludes halogenated alkanes) is 2. The molecule has 8 nitrogen and oxygen atoms in total. The van der Waals surface area contributed by atoms with Crippen molar-refractivity contribution in [2.75, 3.05) is 20.1 Å². The minimum Gasteiger partial charge on any atom is -0.364 e. The summed E-state index contributed by atoms with van der Waals surface area (Å²) >= 11 is 6.43. The molecule has 1 aliphatic heterocycles. The molecule has 180 valence electrons. The predicted molar refractivity (Wildman–Crippen MR) is 125 cm³/mol. The number of amides is 1. The second kappa shape index (κ2) is 10.9. The Kier molecular flexibility index (Phi) is 7.74. The molecule has 2 aromatic heterocycles. The Bertz CT molecular complexity index is 1130. The molecule has 0 spiro atoms. The highest BCUT2D eigenvalue weighted by Gasteiger charge is 2.32. The third kappa shape index (κ3) is 5.71. The largest absolute Gasteiger partial charge is 0.364 e. The third-order valence-electron chi connectivity index (χ3n) is 6.03. The van der Waals surface area contributed by atoms with Gasteiger partial charge in [-0.05, 0) is 32.0 Å². The summed E-state index contributed by atoms with van der Waals surface area (Å²) in [6, 6.07) is 7.47. The predicted octanol–water partition coefficient (Wildman–Crippen LogP) is 4.41. The van der Waals surface area contributed by atoms with Crippen molar-refractivity contribution in [3.05, 3.63) is 59.0 Å². The molecule has 1 aromatic carbocycles. The molecule has 2 N–H and O–H groups in total. The summed E-state index contributed by atoms with van der Waals surface area (Å²) in [5, 5.41) is 6.96. The molecule has 1 amide bonds. The highest BCUT2D eigenvalue weighted by molar-refractivity contribution is 6.30. The molecule has 0 saturated carbocycles. The van der Waals surface area contributed by atoms with Crippen LogP contribution in [0, 0.1) is 11.7 Å². The number of carbonyl (C=O) groups is 2. The van der Waals surface area contributed by atoms with E-state index >= 15 is 0 Å². The maximum absolute atomic E-state index is 14.3. The lowest BCUT2D eigenvalue weighted by Crippen LogP contribution is -2.52. The molecular formula is C24H27ClFN5O3. The van der Waals surface area contributed by atoms with Gasteiger partial charge in [0.1, 0.15) is 23.6 Å². The average molecular weight is 488 g/mol. The number of H-pyrrole nitrogens is 1. The fourth-order valence-electron chi connectivity index (χ4n) is 4.12. The van der Waals surface area contributed by atoms with Crippen LogP contribution in [0.5, 0.6) is 0 Å². The quantitative estimate of drug-likeness (QED) is 0.306. The molecule has 1 fully saturated rings. The Morgan fingerprint density at radius 2 is 2.06 bits per heavy atom. The van der Waals surface area contributed by atoms with Crippen LogP contribution < -0.4 is 5.32 Å². The zero-order chi connectivity index (χ0) is 24.1. The van der Waals surface area contributed by atoms with Crippen molar-refractivity contribution in [2.45, 2.75) is 38.1 Å². The number of likely N-dealkylation sites (tertiary alicyclic amines) is 1. The van der Waals surface area contributed by atoms with Crippen molar-refractivity contribution < 1.29 is 18.5 Å². The Labute approximate surface area is 201 Å². The van der Waals surface area contributed by atoms with E-state index in [1.54, 1.807) is 24.3 Å². The Balaban J connectivity index is 1.41. The van der Waals surface area contributed by atoms with Gasteiger partial charge >= 0.3 is 0 Å². The molecule has 1 aliphatic rings. The van der Waals surface area contributed by atoms with Gasteiger partial charge in [0, 0.05) is 25.6 Å². The van der Waals surface area contributed by atoms with Gasteiger partial charge < -0.3 is 19.7 Å². The molecule has 1 saturated heterocycles. The Hall–Kier alpha value is -3.04. The Morgan fingerprint density at radius 3 is 2.76 bits per heavy atom. The molecule has 3 aromatic rings. The van der Waals surface area contributed by atoms with Gasteiger partial charge in [0.15, 0.2) is 10.9 Å². The van der Waals surface area contributed by atoms with Crippen LogP contribution in [0.4, 0.5) is 4.39 Å². The first-order valence-electron chi connectivity index (χ1n) is 11.3. The molecule has 1 atom stereocenters. The number of nitrogens with zero attached hydrogens (tertiary/aromatic N) is 3. The van der Waals surface area contributed by atoms with Crippen molar-refractivity contribution in [2.24, 2.45) is 5.92 Å². The number of halogens is 2. The van der Waals surface area contributed by atoms with Crippen LogP contribution in [-0.4, -0.2) is 51.9 Å². The van der Waals surface area contributed by atoms with E-state index in [1.165, 1.54) is 12.3 Å². The van der Waals surface area contributed by atoms with Gasteiger partial charge in [0.25, 0.3) is 0 Å². The second-order valence-electron chi connectivity index (χ2n) is 8.66. The normalized spacial score (nSPS) is 15.1. The number of benzene rings is 1. The summed E-state index contributed by atoms with van der Waals surface area (Å²) in [6.07, 6.45) is 4.59. The summed E-state index contributed by atoms with van der Waals surface area (Å²) in [5.41, 5.74) is 1.20. The first kappa shape index (κ1) is 24.1. The minimum absolute atomic E-state index is 0.0394. The van der Waals surface area contributed by atoms with Crippen LogP contribution in [0.15, 0.2) is 41.1 Å². The number of aromatic nitrogens is 3. The smallest absolute Gasteiger partial charge is 0.226 e. The monoisotopic (exact) mass is 487 g/mol. The van der Waals surface area contributed by atoms with Crippen molar-refractivity contribution in [1.82, 2.24) is 25.3 Å². The number of nitrogens with one attached hydrogen (secondary N) is 2. The van der Waals surface area contributed by atoms with Crippen LogP contribution in [0.3, 0.4) is 0 Å². The van der Waals surface area contributed by atoms with E-state index in [0.29, 0.717) is 55.1 Å². The van der Waals surface area contributed by atoms with Crippen LogP contribution in [0.1, 0.15) is 54.3 Å². The Morgan fingerprint density at radius 1 is 1.26 bits per heavy atom. The summed E-state index contributed by atoms with van der Waals surface area (Å²) in [6.45, 7) is 1.42. The maximum Gasteiger partial charge on any atom is 0.226 e. The van der Waals surface area contributed by atoms with Crippen molar-refractivity contribution in [3.63, 3.8) is 0 Å². The highest BCUT2D eigenvalue weighted by atomic mass is 35.5. The zero-order valence-corrected chi connectivity index (χ0v) is 19.6. The number of aromatic amines is 1. The SMILES string of the molecule is CN1CC(C(=O)N[C@@H](CCCCCC(=O)c2ccon2)c2[nH]c(-c3ccccc3F)nc2Cl)C1. The van der Waals surface area contributed by atoms with E-state index in [0.717, 1.165) is 12.8 Å². The summed E-state index contributed by atoms with van der Waals surface area (Å²) in [5.74, 6) is -0.255. The lowest BCUT2D eigenvalue weighted by molar-refractivity contribution is -0.130. The molecular weight excluding hydrogens is 461 g/mol. The topological polar surface area (TPSA) is 104 Å². The van der Waals surface area contributed by atoms with Crippen molar-refractivity contribution in [3.8, 4) is 11.4 Å². The molecule has 10 heteroatoms. The van der Waals surface area contributed by atoms with Gasteiger partial charge in [-0.3, -0.25) is 9.59 Å². The van der Waals surface area contributed by atoms with Crippen molar-refractivity contribution in [1.29, 1.82) is 0 Å². The first-order chi connectivity index (χ1) is 16.4. The summed E-state index contributed by atoms with van der Waals surface area (Å²) < 4.78 is 19.0. The van der Waals surface area contributed by atoms with Gasteiger partial charge in [-0.1, -0.05) is 41.7 Å². The van der Waals surface area contributed by atoms with E-state index < -0.39 is 11.9 Å². The highest BCUT2D eigenvalue weighted by Crippen LogP contribution is 2.30. The third-order valence-corrected chi connectivity index (χ3v) is 6.32. The lowest BCUT2D eigenvalue weighted by atomic mass is 9.98. The van der Waals surface area contributed by atoms with Gasteiger partial charge in [-0.2, -0.15) is 0 Å². The van der Waals surface area contributed by atoms with E-state index in [1.807, 2.05) is 7.05 Å². The minimum atomic E-state index is -0.408. The number of Topliss-reactive ketones (excluding diaryl/α,β-unsaturated/α-hetero) is 1. The molecule has 3 heterocycles. The van der Waals surface area contributed by atoms with E-state index in [9.17, 15) is 14.0 Å². The number of hydrogen-bond acceptors (Lipinski definition) is 6. The van der Waals surface area contributed by atoms with Crippen LogP contribution >= 0.6 is 11.6 Å². The van der Waals surface area contributed by atoms with E-state index in [2.05, 4.69) is 25.3 Å². The van der Waals surface area contributed by atoms with Crippen LogP contribution in [-0.2, 0) is 4.79 Å². The van der Waals surface area contributed by atoms with Crippen molar-refractivity contribution >= 4 is 23.3 Å². The van der Waals surface area contributed by atoms with Crippen LogP contribution in [0.2, 0.25) is 5.15 Å². The number of imidazole rings is 1. The van der Waals surface area contributed by atoms with Gasteiger partial charge in [0.05, 0.1) is 23.2 Å². The lowest BCUT2D eigenvalue weighted by Gasteiger charge is -2.35. The molecule has 0 unspecified atom stereocenters. The summed E-state index contributed by atoms with van der Waals surface area (Å²) in [4.78, 5) is 34.4. The molecule has 34 heavy (non-hydrogen) atoms. The van der Waals surface area contributed by atoms with E-state index in [-0.39, 0.29) is 22.8 Å². The van der Waals surface area contributed by atoms with Crippen LogP contribution in [0.25, 0.3) is 11.4 Å². The standard InChI is InChI=1S/C24H27ClFN5O3/c1-31-13-15(14-31)24(33)27-19(9-3-2-4-10-20(32)18-11-12-34-30-18)21-22(25)29-23(28-21)16-7-5-6-8-17(16)26/h5-8,11-12,15,19H,2-4,9-10,13-14H2,1H3,(H,27,33)(H,28,29)/t19-/m0/s1. The number of carbonyl (C=O) groups excluding carboxylic acids is 2. The van der Waals surface area contributed by atoms with E-state index in [4.69, 9.17) is 16.1 Å². The first-order valence-corrected chi connectivity index (χ1v) is 11.7. The number of rotatable bonds is 11. The second-order valence-corrected chi connectivity index (χ2v) is 9.01. The molecule has 0 aliphatic carbocycles. The fraction of sp³-hybridized carbons (Fsp3) is 0.417. The maximum atomic E-state index is 14.3. The van der Waals surface area contributed by atoms with Gasteiger partial charge in [0.2, 0.25) is 5.91 Å². The zero-order valence-electron chi connectivity index (χ0n) is 18.9. The number of ketones is 1. The fourth-order valence-corrected chi connectivity index (χ4v) is 4.38. The molecule has 4 rings (SSSR count). The van der Waals surface area contributed by atoms with Gasteiger partial charge in [-0.15, -0.1) is 0 Å². The summed E-state index contributed by atoms with van der Waals surface area (Å²) in [7, 11) is 1.97. The number of hydrogen-bond donors (Lipinski definition) is 2.